The molecule has 0 aliphatic carbocycles. The monoisotopic (exact) mass is 425 g/mol. The van der Waals surface area contributed by atoms with Gasteiger partial charge in [0, 0.05) is 18.0 Å². The quantitative estimate of drug-likeness (QED) is 0.582. The number of aromatic nitrogens is 3. The number of ether oxygens (including phenoxy) is 3. The highest BCUT2D eigenvalue weighted by atomic mass is 79.9. The molecule has 0 N–H and O–H groups in total. The highest BCUT2D eigenvalue weighted by molar-refractivity contribution is 9.10. The number of imidazole rings is 1. The number of halogens is 2. The molecule has 0 bridgehead atoms. The topological polar surface area (TPSA) is 75.0 Å². The first kappa shape index (κ1) is 17.5. The Kier molecular flexibility index (Phi) is 4.82. The summed E-state index contributed by atoms with van der Waals surface area (Å²) in [5.41, 5.74) is 0.956. The number of rotatable bonds is 5. The van der Waals surface area contributed by atoms with E-state index in [9.17, 15) is 4.79 Å². The summed E-state index contributed by atoms with van der Waals surface area (Å²) >= 11 is 9.32. The third kappa shape index (κ3) is 3.14. The molecule has 0 unspecified atom stereocenters. The fraction of sp³-hybridized carbons (Fsp3) is 0.188. The molecular formula is C16H13BrClN3O4. The highest BCUT2D eigenvalue weighted by Gasteiger charge is 2.20. The van der Waals surface area contributed by atoms with Crippen LogP contribution in [-0.2, 0) is 0 Å². The SMILES string of the molecule is COc1cc(C(=O)c2cn3cc(Br)nc(Cl)c3n2)cc(OC)c1OC. The predicted octanol–water partition coefficient (Wildman–Crippen LogP) is 3.40. The lowest BCUT2D eigenvalue weighted by Crippen LogP contribution is -2.04. The molecule has 1 aromatic carbocycles. The van der Waals surface area contributed by atoms with Gasteiger partial charge in [0.25, 0.3) is 0 Å². The summed E-state index contributed by atoms with van der Waals surface area (Å²) in [6.45, 7) is 0. The number of nitrogens with zero attached hydrogens (tertiary/aromatic N) is 3. The Morgan fingerprint density at radius 2 is 1.72 bits per heavy atom. The standard InChI is InChI=1S/C16H13BrClN3O4/c1-23-10-4-8(5-11(24-2)14(10)25-3)13(22)9-6-21-7-12(17)20-15(18)16(21)19-9/h4-7H,1-3H3. The second kappa shape index (κ2) is 6.89. The van der Waals surface area contributed by atoms with Crippen LogP contribution in [-0.4, -0.2) is 41.5 Å². The van der Waals surface area contributed by atoms with Crippen LogP contribution in [0.1, 0.15) is 16.1 Å². The Bertz CT molecular complexity index is 948. The van der Waals surface area contributed by atoms with E-state index in [1.54, 1.807) is 28.9 Å². The van der Waals surface area contributed by atoms with Crippen molar-refractivity contribution in [2.75, 3.05) is 21.3 Å². The molecule has 0 radical (unpaired) electrons. The van der Waals surface area contributed by atoms with Crippen molar-refractivity contribution in [1.29, 1.82) is 0 Å². The van der Waals surface area contributed by atoms with E-state index in [1.165, 1.54) is 21.3 Å². The summed E-state index contributed by atoms with van der Waals surface area (Å²) in [4.78, 5) is 21.2. The van der Waals surface area contributed by atoms with Gasteiger partial charge in [0.05, 0.1) is 21.3 Å². The summed E-state index contributed by atoms with van der Waals surface area (Å²) in [5.74, 6) is 0.871. The molecule has 3 rings (SSSR count). The molecule has 0 amide bonds. The molecule has 0 aliphatic rings. The van der Waals surface area contributed by atoms with Crippen molar-refractivity contribution in [3.05, 3.63) is 45.5 Å². The summed E-state index contributed by atoms with van der Waals surface area (Å²) < 4.78 is 18.0. The van der Waals surface area contributed by atoms with Crippen molar-refractivity contribution in [2.24, 2.45) is 0 Å². The summed E-state index contributed by atoms with van der Waals surface area (Å²) in [5, 5.41) is 0.193. The van der Waals surface area contributed by atoms with Crippen LogP contribution in [0.5, 0.6) is 17.2 Å². The zero-order chi connectivity index (χ0) is 18.1. The van der Waals surface area contributed by atoms with Crippen molar-refractivity contribution in [3.63, 3.8) is 0 Å². The lowest BCUT2D eigenvalue weighted by Gasteiger charge is -2.13. The second-order valence-corrected chi connectivity index (χ2v) is 6.13. The van der Waals surface area contributed by atoms with E-state index in [0.717, 1.165) is 0 Å². The van der Waals surface area contributed by atoms with Crippen LogP contribution >= 0.6 is 27.5 Å². The third-order valence-corrected chi connectivity index (χ3v) is 4.16. The van der Waals surface area contributed by atoms with Gasteiger partial charge in [-0.3, -0.25) is 4.79 Å². The van der Waals surface area contributed by atoms with Crippen LogP contribution in [0.15, 0.2) is 29.1 Å². The largest absolute Gasteiger partial charge is 0.493 e. The Labute approximate surface area is 156 Å². The molecule has 130 valence electrons. The number of hydrogen-bond acceptors (Lipinski definition) is 6. The van der Waals surface area contributed by atoms with Crippen LogP contribution in [0, 0.1) is 0 Å². The number of hydrogen-bond donors (Lipinski definition) is 0. The van der Waals surface area contributed by atoms with Crippen molar-refractivity contribution >= 4 is 39.0 Å². The van der Waals surface area contributed by atoms with Gasteiger partial charge in [-0.05, 0) is 28.1 Å². The fourth-order valence-electron chi connectivity index (χ4n) is 2.40. The first-order valence-electron chi connectivity index (χ1n) is 7.04. The van der Waals surface area contributed by atoms with Gasteiger partial charge in [-0.1, -0.05) is 11.6 Å². The van der Waals surface area contributed by atoms with Crippen LogP contribution in [0.4, 0.5) is 0 Å². The van der Waals surface area contributed by atoms with E-state index >= 15 is 0 Å². The number of benzene rings is 1. The minimum Gasteiger partial charge on any atom is -0.493 e. The summed E-state index contributed by atoms with van der Waals surface area (Å²) in [6.07, 6.45) is 3.25. The third-order valence-electron chi connectivity index (χ3n) is 3.53. The highest BCUT2D eigenvalue weighted by Crippen LogP contribution is 2.38. The van der Waals surface area contributed by atoms with Crippen LogP contribution in [0.3, 0.4) is 0 Å². The van der Waals surface area contributed by atoms with E-state index in [2.05, 4.69) is 25.9 Å². The van der Waals surface area contributed by atoms with E-state index in [1.807, 2.05) is 0 Å². The van der Waals surface area contributed by atoms with Crippen molar-refractivity contribution in [2.45, 2.75) is 0 Å². The molecule has 25 heavy (non-hydrogen) atoms. The Balaban J connectivity index is 2.10. The fourth-order valence-corrected chi connectivity index (χ4v) is 3.13. The normalized spacial score (nSPS) is 10.8. The van der Waals surface area contributed by atoms with Gasteiger partial charge in [0.15, 0.2) is 22.3 Å². The Hall–Kier alpha value is -2.32. The summed E-state index contributed by atoms with van der Waals surface area (Å²) in [7, 11) is 4.47. The minimum atomic E-state index is -0.310. The maximum atomic E-state index is 12.8. The van der Waals surface area contributed by atoms with Gasteiger partial charge in [-0.2, -0.15) is 0 Å². The second-order valence-electron chi connectivity index (χ2n) is 4.95. The van der Waals surface area contributed by atoms with Gasteiger partial charge >= 0.3 is 0 Å². The number of fused-ring (bicyclic) bond motifs is 1. The van der Waals surface area contributed by atoms with Gasteiger partial charge in [0.2, 0.25) is 11.5 Å². The predicted molar refractivity (Wildman–Crippen MR) is 95.2 cm³/mol. The molecule has 0 saturated carbocycles. The molecule has 0 atom stereocenters. The minimum absolute atomic E-state index is 0.193. The van der Waals surface area contributed by atoms with E-state index in [0.29, 0.717) is 33.1 Å². The molecule has 0 saturated heterocycles. The van der Waals surface area contributed by atoms with Crippen molar-refractivity contribution < 1.29 is 19.0 Å². The molecule has 0 aliphatic heterocycles. The first-order valence-corrected chi connectivity index (χ1v) is 8.21. The average Bonchev–Trinajstić information content (AvgIpc) is 3.03. The van der Waals surface area contributed by atoms with Crippen LogP contribution in [0.2, 0.25) is 5.15 Å². The summed E-state index contributed by atoms with van der Waals surface area (Å²) in [6, 6.07) is 3.15. The Morgan fingerprint density at radius 3 is 2.28 bits per heavy atom. The molecule has 0 spiro atoms. The molecule has 9 heteroatoms. The lowest BCUT2D eigenvalue weighted by molar-refractivity contribution is 0.103. The molecule has 2 heterocycles. The Morgan fingerprint density at radius 1 is 1.08 bits per heavy atom. The smallest absolute Gasteiger partial charge is 0.213 e. The molecule has 0 fully saturated rings. The number of methoxy groups -OCH3 is 3. The molecule has 2 aromatic heterocycles. The van der Waals surface area contributed by atoms with Gasteiger partial charge in [-0.25, -0.2) is 9.97 Å². The molecular weight excluding hydrogens is 414 g/mol. The lowest BCUT2D eigenvalue weighted by atomic mass is 10.1. The van der Waals surface area contributed by atoms with Gasteiger partial charge < -0.3 is 18.6 Å². The molecule has 7 nitrogen and oxygen atoms in total. The van der Waals surface area contributed by atoms with E-state index in [4.69, 9.17) is 25.8 Å². The van der Waals surface area contributed by atoms with Crippen molar-refractivity contribution in [1.82, 2.24) is 14.4 Å². The number of ketones is 1. The van der Waals surface area contributed by atoms with Crippen LogP contribution in [0.25, 0.3) is 5.65 Å². The van der Waals surface area contributed by atoms with Crippen LogP contribution < -0.4 is 14.2 Å². The maximum Gasteiger partial charge on any atom is 0.213 e. The zero-order valence-corrected chi connectivity index (χ0v) is 15.9. The van der Waals surface area contributed by atoms with E-state index in [-0.39, 0.29) is 16.6 Å². The van der Waals surface area contributed by atoms with Gasteiger partial charge in [0.1, 0.15) is 10.3 Å². The zero-order valence-electron chi connectivity index (χ0n) is 13.5. The number of carbonyl (C=O) groups excluding carboxylic acids is 1. The first-order chi connectivity index (χ1) is 12.0. The maximum absolute atomic E-state index is 12.8. The van der Waals surface area contributed by atoms with E-state index < -0.39 is 0 Å². The molecule has 3 aromatic rings. The number of carbonyl (C=O) groups is 1. The van der Waals surface area contributed by atoms with Gasteiger partial charge in [-0.15, -0.1) is 0 Å². The average molecular weight is 427 g/mol. The van der Waals surface area contributed by atoms with Crippen molar-refractivity contribution in [3.8, 4) is 17.2 Å².